The van der Waals surface area contributed by atoms with E-state index in [2.05, 4.69) is 5.32 Å². The van der Waals surface area contributed by atoms with E-state index >= 15 is 0 Å². The van der Waals surface area contributed by atoms with Crippen molar-refractivity contribution in [1.29, 1.82) is 0 Å². The fourth-order valence-corrected chi connectivity index (χ4v) is 2.12. The monoisotopic (exact) mass is 397 g/mol. The fraction of sp³-hybridized carbons (Fsp3) is 0.0714. The first-order valence-corrected chi connectivity index (χ1v) is 7.76. The highest BCUT2D eigenvalue weighted by molar-refractivity contribution is 6.76. The number of ether oxygens (including phenoxy) is 1. The van der Waals surface area contributed by atoms with Crippen LogP contribution in [0, 0.1) is 0 Å². The zero-order valence-electron chi connectivity index (χ0n) is 10.7. The maximum absolute atomic E-state index is 11.7. The highest BCUT2D eigenvalue weighted by Crippen LogP contribution is 2.36. The van der Waals surface area contributed by atoms with Crippen molar-refractivity contribution >= 4 is 69.6 Å². The molecule has 2 rings (SSSR count). The van der Waals surface area contributed by atoms with Crippen molar-refractivity contribution < 1.29 is 9.53 Å². The molecule has 8 heteroatoms. The lowest BCUT2D eigenvalue weighted by Crippen LogP contribution is -2.27. The van der Waals surface area contributed by atoms with Crippen LogP contribution in [0.1, 0.15) is 0 Å². The molecule has 0 aliphatic rings. The zero-order valence-corrected chi connectivity index (χ0v) is 14.5. The van der Waals surface area contributed by atoms with Crippen LogP contribution in [0.4, 0.5) is 5.69 Å². The Morgan fingerprint density at radius 3 is 2.32 bits per heavy atom. The van der Waals surface area contributed by atoms with Crippen molar-refractivity contribution in [3.63, 3.8) is 0 Å². The average molecular weight is 399 g/mol. The molecule has 0 spiro atoms. The highest BCUT2D eigenvalue weighted by Gasteiger charge is 2.31. The van der Waals surface area contributed by atoms with Gasteiger partial charge in [0.05, 0.1) is 10.7 Å². The quantitative estimate of drug-likeness (QED) is 0.634. The molecule has 1 N–H and O–H groups in total. The lowest BCUT2D eigenvalue weighted by atomic mass is 10.3. The molecule has 0 heterocycles. The Morgan fingerprint density at radius 1 is 1.00 bits per heavy atom. The van der Waals surface area contributed by atoms with Crippen molar-refractivity contribution in [1.82, 2.24) is 0 Å². The molecular formula is C14H8Cl5NO2. The predicted octanol–water partition coefficient (Wildman–Crippen LogP) is 6.09. The maximum atomic E-state index is 11.7. The van der Waals surface area contributed by atoms with E-state index in [4.69, 9.17) is 62.7 Å². The van der Waals surface area contributed by atoms with Gasteiger partial charge >= 0.3 is 0 Å². The van der Waals surface area contributed by atoms with Gasteiger partial charge in [0.1, 0.15) is 5.75 Å². The largest absolute Gasteiger partial charge is 0.454 e. The summed E-state index contributed by atoms with van der Waals surface area (Å²) in [5.74, 6) is -0.0771. The van der Waals surface area contributed by atoms with E-state index < -0.39 is 9.70 Å². The second-order valence-corrected chi connectivity index (χ2v) is 7.25. The van der Waals surface area contributed by atoms with Gasteiger partial charge in [-0.05, 0) is 30.3 Å². The Kier molecular flexibility index (Phi) is 5.70. The number of nitrogens with one attached hydrogen (secondary N) is 1. The predicted molar refractivity (Wildman–Crippen MR) is 91.9 cm³/mol. The van der Waals surface area contributed by atoms with Gasteiger partial charge < -0.3 is 10.1 Å². The van der Waals surface area contributed by atoms with E-state index in [-0.39, 0.29) is 0 Å². The highest BCUT2D eigenvalue weighted by atomic mass is 35.6. The number of halogens is 5. The van der Waals surface area contributed by atoms with E-state index in [0.717, 1.165) is 0 Å². The van der Waals surface area contributed by atoms with Gasteiger partial charge in [-0.2, -0.15) is 0 Å². The SMILES string of the molecule is O=C(Nc1ccccc1Oc1ccc(Cl)cc1Cl)C(Cl)(Cl)Cl. The Balaban J connectivity index is 2.27. The van der Waals surface area contributed by atoms with Gasteiger partial charge in [-0.1, -0.05) is 70.1 Å². The summed E-state index contributed by atoms with van der Waals surface area (Å²) in [5, 5.41) is 3.28. The van der Waals surface area contributed by atoms with Gasteiger partial charge in [-0.3, -0.25) is 4.79 Å². The molecular weight excluding hydrogens is 391 g/mol. The number of benzene rings is 2. The van der Waals surface area contributed by atoms with Gasteiger partial charge in [-0.25, -0.2) is 0 Å². The van der Waals surface area contributed by atoms with Crippen molar-refractivity contribution in [2.45, 2.75) is 3.79 Å². The number of rotatable bonds is 3. The summed E-state index contributed by atoms with van der Waals surface area (Å²) >= 11 is 28.5. The molecule has 0 fully saturated rings. The Morgan fingerprint density at radius 2 is 1.68 bits per heavy atom. The van der Waals surface area contributed by atoms with Gasteiger partial charge in [0, 0.05) is 5.02 Å². The summed E-state index contributed by atoms with van der Waals surface area (Å²) in [6.07, 6.45) is 0. The second-order valence-electron chi connectivity index (χ2n) is 4.12. The van der Waals surface area contributed by atoms with Gasteiger partial charge in [-0.15, -0.1) is 0 Å². The molecule has 0 aliphatic carbocycles. The van der Waals surface area contributed by atoms with Crippen LogP contribution in [0.15, 0.2) is 42.5 Å². The van der Waals surface area contributed by atoms with E-state index in [0.29, 0.717) is 27.2 Å². The lowest BCUT2D eigenvalue weighted by Gasteiger charge is -2.15. The molecule has 0 saturated heterocycles. The van der Waals surface area contributed by atoms with Crippen LogP contribution in [0.5, 0.6) is 11.5 Å². The van der Waals surface area contributed by atoms with Crippen LogP contribution < -0.4 is 10.1 Å². The van der Waals surface area contributed by atoms with Gasteiger partial charge in [0.15, 0.2) is 5.75 Å². The standard InChI is InChI=1S/C14H8Cl5NO2/c15-8-5-6-11(9(16)7-8)22-12-4-2-1-3-10(12)20-13(21)14(17,18)19/h1-7H,(H,20,21). The minimum atomic E-state index is -2.08. The molecule has 0 bridgehead atoms. The van der Waals surface area contributed by atoms with Crippen molar-refractivity contribution in [3.05, 3.63) is 52.5 Å². The van der Waals surface area contributed by atoms with Crippen LogP contribution in [0.2, 0.25) is 10.0 Å². The smallest absolute Gasteiger partial charge is 0.276 e. The average Bonchev–Trinajstić information content (AvgIpc) is 2.42. The third-order valence-corrected chi connectivity index (χ3v) is 3.55. The number of carbonyl (C=O) groups excluding carboxylic acids is 1. The fourth-order valence-electron chi connectivity index (χ4n) is 1.53. The Labute approximate surface area is 152 Å². The van der Waals surface area contributed by atoms with Crippen LogP contribution in [-0.2, 0) is 4.79 Å². The minimum Gasteiger partial charge on any atom is -0.454 e. The molecule has 0 unspecified atom stereocenters. The Hall–Kier alpha value is -0.840. The molecule has 0 atom stereocenters. The summed E-state index contributed by atoms with van der Waals surface area (Å²) in [6.45, 7) is 0. The van der Waals surface area contributed by atoms with Crippen molar-refractivity contribution in [2.24, 2.45) is 0 Å². The first kappa shape index (κ1) is 17.5. The summed E-state index contributed by atoms with van der Waals surface area (Å²) in [6, 6.07) is 11.4. The zero-order chi connectivity index (χ0) is 16.3. The van der Waals surface area contributed by atoms with Crippen LogP contribution in [0.25, 0.3) is 0 Å². The van der Waals surface area contributed by atoms with Crippen molar-refractivity contribution in [3.8, 4) is 11.5 Å². The Bertz CT molecular complexity index is 700. The van der Waals surface area contributed by atoms with E-state index in [1.807, 2.05) is 0 Å². The van der Waals surface area contributed by atoms with Crippen LogP contribution >= 0.6 is 58.0 Å². The van der Waals surface area contributed by atoms with E-state index in [1.165, 1.54) is 0 Å². The molecule has 0 radical (unpaired) electrons. The number of alkyl halides is 3. The molecule has 0 saturated carbocycles. The number of hydrogen-bond acceptors (Lipinski definition) is 2. The summed E-state index contributed by atoms with van der Waals surface area (Å²) < 4.78 is 3.60. The second kappa shape index (κ2) is 7.16. The maximum Gasteiger partial charge on any atom is 0.276 e. The molecule has 22 heavy (non-hydrogen) atoms. The van der Waals surface area contributed by atoms with Crippen LogP contribution in [0.3, 0.4) is 0 Å². The molecule has 2 aromatic rings. The third kappa shape index (κ3) is 4.58. The minimum absolute atomic E-state index is 0.329. The number of amides is 1. The first-order chi connectivity index (χ1) is 10.3. The normalized spacial score (nSPS) is 11.1. The van der Waals surface area contributed by atoms with E-state index in [1.54, 1.807) is 42.5 Å². The number of para-hydroxylation sites is 2. The molecule has 3 nitrogen and oxygen atoms in total. The number of anilines is 1. The van der Waals surface area contributed by atoms with Gasteiger partial charge in [0.2, 0.25) is 0 Å². The first-order valence-electron chi connectivity index (χ1n) is 5.87. The summed E-state index contributed by atoms with van der Waals surface area (Å²) in [5.41, 5.74) is 0.338. The van der Waals surface area contributed by atoms with Gasteiger partial charge in [0.25, 0.3) is 9.70 Å². The third-order valence-electron chi connectivity index (χ3n) is 2.51. The molecule has 1 amide bonds. The summed E-state index contributed by atoms with van der Waals surface area (Å²) in [4.78, 5) is 11.7. The number of carbonyl (C=O) groups is 1. The van der Waals surface area contributed by atoms with E-state index in [9.17, 15) is 4.79 Å². The van der Waals surface area contributed by atoms with Crippen molar-refractivity contribution in [2.75, 3.05) is 5.32 Å². The molecule has 0 aromatic heterocycles. The molecule has 116 valence electrons. The molecule has 0 aliphatic heterocycles. The van der Waals surface area contributed by atoms with Crippen LogP contribution in [-0.4, -0.2) is 9.70 Å². The topological polar surface area (TPSA) is 38.3 Å². The summed E-state index contributed by atoms with van der Waals surface area (Å²) in [7, 11) is 0. The number of hydrogen-bond donors (Lipinski definition) is 1. The molecule has 2 aromatic carbocycles. The lowest BCUT2D eigenvalue weighted by molar-refractivity contribution is -0.115.